The van der Waals surface area contributed by atoms with Crippen LogP contribution in [0.15, 0.2) is 0 Å². The molecule has 1 aromatic rings. The molecular weight excluding hydrogens is 183 g/mol. The van der Waals surface area contributed by atoms with Crippen molar-refractivity contribution in [1.82, 2.24) is 15.0 Å². The average molecular weight is 193 g/mol. The molecule has 3 nitrogen and oxygen atoms in total. The Hall–Kier alpha value is -1.07. The van der Waals surface area contributed by atoms with Crippen molar-refractivity contribution in [3.8, 4) is 0 Å². The van der Waals surface area contributed by atoms with Gasteiger partial charge in [0.05, 0.1) is 5.69 Å². The zero-order valence-electron chi connectivity index (χ0n) is 7.39. The smallest absolute Gasteiger partial charge is 0.249 e. The molecule has 13 heavy (non-hydrogen) atoms. The van der Waals surface area contributed by atoms with Crippen LogP contribution in [0.2, 0.25) is 0 Å². The molecule has 1 heterocycles. The molecule has 0 unspecified atom stereocenters. The van der Waals surface area contributed by atoms with Crippen LogP contribution in [-0.4, -0.2) is 15.0 Å². The highest BCUT2D eigenvalue weighted by Gasteiger charge is 2.37. The first-order valence-corrected chi connectivity index (χ1v) is 4.00. The van der Waals surface area contributed by atoms with Gasteiger partial charge in [0, 0.05) is 6.54 Å². The zero-order chi connectivity index (χ0) is 10.1. The number of hydrogen-bond acceptors (Lipinski definition) is 2. The Morgan fingerprint density at radius 3 is 2.31 bits per heavy atom. The Labute approximate surface area is 73.5 Å². The number of halogens is 3. The highest BCUT2D eigenvalue weighted by atomic mass is 19.4. The van der Waals surface area contributed by atoms with Crippen LogP contribution < -0.4 is 0 Å². The average Bonchev–Trinajstić information content (AvgIpc) is 2.45. The SMILES string of the molecule is CCc1c(C(F)(F)F)nnn1CC. The molecule has 0 amide bonds. The second-order valence-electron chi connectivity index (χ2n) is 2.55. The van der Waals surface area contributed by atoms with Gasteiger partial charge in [-0.2, -0.15) is 13.2 Å². The monoisotopic (exact) mass is 193 g/mol. The summed E-state index contributed by atoms with van der Waals surface area (Å²) in [5, 5.41) is 6.54. The first kappa shape index (κ1) is 10.0. The predicted octanol–water partition coefficient (Wildman–Crippen LogP) is 1.88. The zero-order valence-corrected chi connectivity index (χ0v) is 7.39. The van der Waals surface area contributed by atoms with Gasteiger partial charge in [-0.1, -0.05) is 12.1 Å². The minimum absolute atomic E-state index is 0.148. The largest absolute Gasteiger partial charge is 0.437 e. The molecule has 0 bridgehead atoms. The highest BCUT2D eigenvalue weighted by Crippen LogP contribution is 2.30. The fraction of sp³-hybridized carbons (Fsp3) is 0.714. The molecule has 0 aliphatic carbocycles. The number of alkyl halides is 3. The van der Waals surface area contributed by atoms with Crippen LogP contribution in [0.1, 0.15) is 25.2 Å². The van der Waals surface area contributed by atoms with Gasteiger partial charge in [0.15, 0.2) is 5.69 Å². The van der Waals surface area contributed by atoms with E-state index >= 15 is 0 Å². The highest BCUT2D eigenvalue weighted by molar-refractivity contribution is 5.13. The number of nitrogens with zero attached hydrogens (tertiary/aromatic N) is 3. The third-order valence-electron chi connectivity index (χ3n) is 1.74. The molecule has 0 aliphatic heterocycles. The van der Waals surface area contributed by atoms with Crippen molar-refractivity contribution in [3.63, 3.8) is 0 Å². The fourth-order valence-corrected chi connectivity index (χ4v) is 1.16. The van der Waals surface area contributed by atoms with E-state index in [1.807, 2.05) is 0 Å². The molecular formula is C7H10F3N3. The van der Waals surface area contributed by atoms with E-state index in [1.165, 1.54) is 4.68 Å². The minimum atomic E-state index is -4.39. The van der Waals surface area contributed by atoms with Gasteiger partial charge >= 0.3 is 6.18 Å². The minimum Gasteiger partial charge on any atom is -0.249 e. The first-order chi connectivity index (χ1) is 6.00. The Morgan fingerprint density at radius 2 is 1.92 bits per heavy atom. The van der Waals surface area contributed by atoms with E-state index in [0.29, 0.717) is 6.54 Å². The third kappa shape index (κ3) is 1.81. The molecule has 0 spiro atoms. The van der Waals surface area contributed by atoms with E-state index in [4.69, 9.17) is 0 Å². The summed E-state index contributed by atoms with van der Waals surface area (Å²) in [6.45, 7) is 3.79. The van der Waals surface area contributed by atoms with Crippen molar-refractivity contribution in [3.05, 3.63) is 11.4 Å². The van der Waals surface area contributed by atoms with Crippen LogP contribution in [0.3, 0.4) is 0 Å². The van der Waals surface area contributed by atoms with Gasteiger partial charge in [0.2, 0.25) is 0 Å². The number of rotatable bonds is 2. The molecule has 74 valence electrons. The lowest BCUT2D eigenvalue weighted by Crippen LogP contribution is -2.10. The predicted molar refractivity (Wildman–Crippen MR) is 40.1 cm³/mol. The molecule has 0 aliphatic rings. The van der Waals surface area contributed by atoms with E-state index < -0.39 is 11.9 Å². The van der Waals surface area contributed by atoms with Crippen molar-refractivity contribution in [2.24, 2.45) is 0 Å². The van der Waals surface area contributed by atoms with Crippen LogP contribution in [-0.2, 0) is 19.1 Å². The van der Waals surface area contributed by atoms with E-state index in [-0.39, 0.29) is 12.1 Å². The summed E-state index contributed by atoms with van der Waals surface area (Å²) in [5.41, 5.74) is -0.716. The lowest BCUT2D eigenvalue weighted by Gasteiger charge is -2.05. The van der Waals surface area contributed by atoms with Crippen LogP contribution in [0, 0.1) is 0 Å². The Balaban J connectivity index is 3.16. The van der Waals surface area contributed by atoms with Gasteiger partial charge in [-0.3, -0.25) is 0 Å². The maximum atomic E-state index is 12.3. The van der Waals surface area contributed by atoms with Crippen molar-refractivity contribution < 1.29 is 13.2 Å². The maximum absolute atomic E-state index is 12.3. The van der Waals surface area contributed by atoms with Gasteiger partial charge < -0.3 is 0 Å². The van der Waals surface area contributed by atoms with Gasteiger partial charge in [0.25, 0.3) is 0 Å². The summed E-state index contributed by atoms with van der Waals surface area (Å²) in [5.74, 6) is 0. The van der Waals surface area contributed by atoms with Crippen LogP contribution in [0.4, 0.5) is 13.2 Å². The molecule has 0 N–H and O–H groups in total. The molecule has 0 saturated carbocycles. The molecule has 6 heteroatoms. The summed E-state index contributed by atoms with van der Waals surface area (Å²) < 4.78 is 38.1. The first-order valence-electron chi connectivity index (χ1n) is 4.00. The summed E-state index contributed by atoms with van der Waals surface area (Å²) in [7, 11) is 0. The van der Waals surface area contributed by atoms with E-state index in [0.717, 1.165) is 0 Å². The molecule has 0 fully saturated rings. The third-order valence-corrected chi connectivity index (χ3v) is 1.74. The number of aromatic nitrogens is 3. The second kappa shape index (κ2) is 3.35. The van der Waals surface area contributed by atoms with Crippen LogP contribution in [0.5, 0.6) is 0 Å². The van der Waals surface area contributed by atoms with Crippen LogP contribution >= 0.6 is 0 Å². The van der Waals surface area contributed by atoms with E-state index in [1.54, 1.807) is 13.8 Å². The van der Waals surface area contributed by atoms with Gasteiger partial charge in [-0.25, -0.2) is 4.68 Å². The maximum Gasteiger partial charge on any atom is 0.437 e. The number of hydrogen-bond donors (Lipinski definition) is 0. The summed E-state index contributed by atoms with van der Waals surface area (Å²) in [4.78, 5) is 0. The lowest BCUT2D eigenvalue weighted by atomic mass is 10.2. The summed E-state index contributed by atoms with van der Waals surface area (Å²) in [6.07, 6.45) is -4.10. The van der Waals surface area contributed by atoms with Gasteiger partial charge in [0.1, 0.15) is 0 Å². The van der Waals surface area contributed by atoms with Crippen molar-refractivity contribution in [2.75, 3.05) is 0 Å². The molecule has 0 aromatic carbocycles. The number of aryl methyl sites for hydroxylation is 1. The normalized spacial score (nSPS) is 12.1. The second-order valence-corrected chi connectivity index (χ2v) is 2.55. The van der Waals surface area contributed by atoms with Crippen LogP contribution in [0.25, 0.3) is 0 Å². The molecule has 1 rings (SSSR count). The lowest BCUT2D eigenvalue weighted by molar-refractivity contribution is -0.141. The Kier molecular flexibility index (Phi) is 2.58. The molecule has 0 radical (unpaired) electrons. The van der Waals surface area contributed by atoms with Gasteiger partial charge in [-0.05, 0) is 13.3 Å². The summed E-state index contributed by atoms with van der Waals surface area (Å²) in [6, 6.07) is 0. The molecule has 0 saturated heterocycles. The Morgan fingerprint density at radius 1 is 1.31 bits per heavy atom. The van der Waals surface area contributed by atoms with Gasteiger partial charge in [-0.15, -0.1) is 5.10 Å². The topological polar surface area (TPSA) is 30.7 Å². The standard InChI is InChI=1S/C7H10F3N3/c1-3-5-6(7(8,9)10)11-12-13(5)4-2/h3-4H2,1-2H3. The Bertz CT molecular complexity index is 290. The fourth-order valence-electron chi connectivity index (χ4n) is 1.16. The molecule has 0 atom stereocenters. The van der Waals surface area contributed by atoms with Crippen molar-refractivity contribution in [2.45, 2.75) is 33.0 Å². The van der Waals surface area contributed by atoms with E-state index in [2.05, 4.69) is 10.3 Å². The summed E-state index contributed by atoms with van der Waals surface area (Å²) >= 11 is 0. The molecule has 1 aromatic heterocycles. The van der Waals surface area contributed by atoms with Crippen molar-refractivity contribution >= 4 is 0 Å². The quantitative estimate of drug-likeness (QED) is 0.717. The van der Waals surface area contributed by atoms with Crippen molar-refractivity contribution in [1.29, 1.82) is 0 Å². The van der Waals surface area contributed by atoms with E-state index in [9.17, 15) is 13.2 Å².